The first kappa shape index (κ1) is 15.7. The maximum absolute atomic E-state index is 11.8. The molecule has 0 bridgehead atoms. The molecule has 1 aromatic rings. The molecule has 0 saturated heterocycles. The Morgan fingerprint density at radius 2 is 2.26 bits per heavy atom. The van der Waals surface area contributed by atoms with Crippen LogP contribution in [0.2, 0.25) is 5.02 Å². The van der Waals surface area contributed by atoms with E-state index in [9.17, 15) is 4.79 Å². The summed E-state index contributed by atoms with van der Waals surface area (Å²) in [4.78, 5) is 13.7. The quantitative estimate of drug-likeness (QED) is 0.719. The summed E-state index contributed by atoms with van der Waals surface area (Å²) in [6.45, 7) is 5.50. The zero-order valence-corrected chi connectivity index (χ0v) is 11.6. The number of anilines is 1. The van der Waals surface area contributed by atoms with Gasteiger partial charge < -0.3 is 10.4 Å². The summed E-state index contributed by atoms with van der Waals surface area (Å²) in [6.07, 6.45) is 2.12. The van der Waals surface area contributed by atoms with Gasteiger partial charge in [-0.15, -0.1) is 6.58 Å². The Balaban J connectivity index is 2.40. The molecule has 0 radical (unpaired) electrons. The fraction of sp³-hybridized carbons (Fsp3) is 0.357. The second-order valence-corrected chi connectivity index (χ2v) is 4.56. The van der Waals surface area contributed by atoms with Crippen LogP contribution in [0.25, 0.3) is 0 Å². The first-order valence-corrected chi connectivity index (χ1v) is 6.53. The molecule has 1 rings (SSSR count). The molecule has 5 heteroatoms. The SMILES string of the molecule is C=CCN(CCO)CCC(=O)Nc1cccc(Cl)c1. The van der Waals surface area contributed by atoms with Gasteiger partial charge in [0.2, 0.25) is 5.91 Å². The number of benzene rings is 1. The van der Waals surface area contributed by atoms with Crippen LogP contribution in [0.5, 0.6) is 0 Å². The Morgan fingerprint density at radius 1 is 1.47 bits per heavy atom. The van der Waals surface area contributed by atoms with Gasteiger partial charge in [-0.2, -0.15) is 0 Å². The van der Waals surface area contributed by atoms with Gasteiger partial charge in [-0.1, -0.05) is 23.7 Å². The lowest BCUT2D eigenvalue weighted by atomic mass is 10.3. The van der Waals surface area contributed by atoms with Crippen molar-refractivity contribution in [2.45, 2.75) is 6.42 Å². The molecule has 0 atom stereocenters. The van der Waals surface area contributed by atoms with E-state index in [0.29, 0.717) is 36.8 Å². The van der Waals surface area contributed by atoms with Crippen molar-refractivity contribution in [2.24, 2.45) is 0 Å². The van der Waals surface area contributed by atoms with Crippen molar-refractivity contribution < 1.29 is 9.90 Å². The predicted molar refractivity (Wildman–Crippen MR) is 78.4 cm³/mol. The van der Waals surface area contributed by atoms with Crippen molar-refractivity contribution in [3.8, 4) is 0 Å². The summed E-state index contributed by atoms with van der Waals surface area (Å²) in [6, 6.07) is 7.03. The number of halogens is 1. The fourth-order valence-corrected chi connectivity index (χ4v) is 1.86. The van der Waals surface area contributed by atoms with E-state index in [-0.39, 0.29) is 12.5 Å². The van der Waals surface area contributed by atoms with E-state index >= 15 is 0 Å². The molecule has 0 aromatic heterocycles. The van der Waals surface area contributed by atoms with Crippen LogP contribution in [0.4, 0.5) is 5.69 Å². The number of hydrogen-bond donors (Lipinski definition) is 2. The maximum Gasteiger partial charge on any atom is 0.225 e. The highest BCUT2D eigenvalue weighted by molar-refractivity contribution is 6.30. The molecule has 0 aliphatic heterocycles. The first-order valence-electron chi connectivity index (χ1n) is 6.15. The number of nitrogens with zero attached hydrogens (tertiary/aromatic N) is 1. The average Bonchev–Trinajstić information content (AvgIpc) is 2.36. The Morgan fingerprint density at radius 3 is 2.89 bits per heavy atom. The largest absolute Gasteiger partial charge is 0.395 e. The Labute approximate surface area is 118 Å². The number of amides is 1. The maximum atomic E-state index is 11.8. The monoisotopic (exact) mass is 282 g/mol. The molecule has 2 N–H and O–H groups in total. The lowest BCUT2D eigenvalue weighted by molar-refractivity contribution is -0.116. The van der Waals surface area contributed by atoms with Gasteiger partial charge in [-0.25, -0.2) is 0 Å². The normalized spacial score (nSPS) is 10.5. The highest BCUT2D eigenvalue weighted by Crippen LogP contribution is 2.14. The lowest BCUT2D eigenvalue weighted by Gasteiger charge is -2.18. The van der Waals surface area contributed by atoms with Crippen molar-refractivity contribution >= 4 is 23.2 Å². The van der Waals surface area contributed by atoms with Crippen LogP contribution in [-0.4, -0.2) is 42.2 Å². The number of aliphatic hydroxyl groups excluding tert-OH is 1. The molecule has 0 spiro atoms. The zero-order valence-electron chi connectivity index (χ0n) is 10.8. The third kappa shape index (κ3) is 6.38. The number of carbonyl (C=O) groups is 1. The van der Waals surface area contributed by atoms with Crippen LogP contribution in [-0.2, 0) is 4.79 Å². The van der Waals surface area contributed by atoms with E-state index in [0.717, 1.165) is 0 Å². The predicted octanol–water partition coefficient (Wildman–Crippen LogP) is 2.15. The molecule has 0 saturated carbocycles. The van der Waals surface area contributed by atoms with E-state index < -0.39 is 0 Å². The van der Waals surface area contributed by atoms with E-state index in [4.69, 9.17) is 16.7 Å². The summed E-state index contributed by atoms with van der Waals surface area (Å²) in [5.74, 6) is -0.0748. The topological polar surface area (TPSA) is 52.6 Å². The zero-order chi connectivity index (χ0) is 14.1. The molecule has 1 amide bonds. The van der Waals surface area contributed by atoms with Gasteiger partial charge in [0.1, 0.15) is 0 Å². The van der Waals surface area contributed by atoms with Crippen LogP contribution in [0.1, 0.15) is 6.42 Å². The first-order chi connectivity index (χ1) is 9.15. The van der Waals surface area contributed by atoms with Gasteiger partial charge in [0.15, 0.2) is 0 Å². The average molecular weight is 283 g/mol. The Bertz CT molecular complexity index is 424. The molecule has 0 unspecified atom stereocenters. The number of carbonyl (C=O) groups excluding carboxylic acids is 1. The minimum Gasteiger partial charge on any atom is -0.395 e. The second kappa shape index (κ2) is 8.69. The van der Waals surface area contributed by atoms with Crippen LogP contribution < -0.4 is 5.32 Å². The molecule has 0 aliphatic rings. The number of hydrogen-bond acceptors (Lipinski definition) is 3. The summed E-state index contributed by atoms with van der Waals surface area (Å²) in [7, 11) is 0. The van der Waals surface area contributed by atoms with Crippen molar-refractivity contribution in [2.75, 3.05) is 31.6 Å². The summed E-state index contributed by atoms with van der Waals surface area (Å²) in [5.41, 5.74) is 0.690. The highest BCUT2D eigenvalue weighted by Gasteiger charge is 2.07. The third-order valence-electron chi connectivity index (χ3n) is 2.57. The number of nitrogens with one attached hydrogen (secondary N) is 1. The fourth-order valence-electron chi connectivity index (χ4n) is 1.67. The third-order valence-corrected chi connectivity index (χ3v) is 2.80. The van der Waals surface area contributed by atoms with Crippen LogP contribution in [0.3, 0.4) is 0 Å². The number of aliphatic hydroxyl groups is 1. The minimum atomic E-state index is -0.0748. The molecule has 4 nitrogen and oxygen atoms in total. The molecule has 0 aliphatic carbocycles. The summed E-state index contributed by atoms with van der Waals surface area (Å²) < 4.78 is 0. The van der Waals surface area contributed by atoms with E-state index in [1.54, 1.807) is 30.3 Å². The lowest BCUT2D eigenvalue weighted by Crippen LogP contribution is -2.30. The van der Waals surface area contributed by atoms with Crippen molar-refractivity contribution in [3.05, 3.63) is 41.9 Å². The standard InChI is InChI=1S/C14H19ClN2O2/c1-2-7-17(9-10-18)8-6-14(19)16-13-5-3-4-12(15)11-13/h2-5,11,18H,1,6-10H2,(H,16,19). The van der Waals surface area contributed by atoms with E-state index in [1.807, 2.05) is 4.90 Å². The van der Waals surface area contributed by atoms with Gasteiger partial charge in [0, 0.05) is 36.8 Å². The van der Waals surface area contributed by atoms with Gasteiger partial charge in [-0.3, -0.25) is 9.69 Å². The van der Waals surface area contributed by atoms with Gasteiger partial charge in [-0.05, 0) is 18.2 Å². The highest BCUT2D eigenvalue weighted by atomic mass is 35.5. The molecular weight excluding hydrogens is 264 g/mol. The Kier molecular flexibility index (Phi) is 7.18. The van der Waals surface area contributed by atoms with E-state index in [1.165, 1.54) is 0 Å². The molecule has 0 fully saturated rings. The second-order valence-electron chi connectivity index (χ2n) is 4.12. The smallest absolute Gasteiger partial charge is 0.225 e. The molecular formula is C14H19ClN2O2. The van der Waals surface area contributed by atoms with Gasteiger partial charge in [0.25, 0.3) is 0 Å². The van der Waals surface area contributed by atoms with E-state index in [2.05, 4.69) is 11.9 Å². The summed E-state index contributed by atoms with van der Waals surface area (Å²) >= 11 is 5.84. The molecule has 19 heavy (non-hydrogen) atoms. The van der Waals surface area contributed by atoms with Crippen molar-refractivity contribution in [3.63, 3.8) is 0 Å². The van der Waals surface area contributed by atoms with Crippen LogP contribution in [0, 0.1) is 0 Å². The van der Waals surface area contributed by atoms with Crippen LogP contribution in [0.15, 0.2) is 36.9 Å². The van der Waals surface area contributed by atoms with Crippen molar-refractivity contribution in [1.82, 2.24) is 4.90 Å². The molecule has 104 valence electrons. The molecule has 1 aromatic carbocycles. The molecule has 0 heterocycles. The minimum absolute atomic E-state index is 0.0732. The van der Waals surface area contributed by atoms with Gasteiger partial charge in [0.05, 0.1) is 6.61 Å². The van der Waals surface area contributed by atoms with Crippen LogP contribution >= 0.6 is 11.6 Å². The number of rotatable bonds is 8. The van der Waals surface area contributed by atoms with Crippen molar-refractivity contribution in [1.29, 1.82) is 0 Å². The Hall–Kier alpha value is -1.36. The summed E-state index contributed by atoms with van der Waals surface area (Å²) in [5, 5.41) is 12.3. The van der Waals surface area contributed by atoms with Gasteiger partial charge >= 0.3 is 0 Å².